The van der Waals surface area contributed by atoms with Crippen LogP contribution >= 0.6 is 0 Å². The first kappa shape index (κ1) is 20.4. The van der Waals surface area contributed by atoms with Crippen LogP contribution in [0.2, 0.25) is 0 Å². The average molecular weight is 370 g/mol. The number of aliphatic hydroxyl groups is 1. The van der Waals surface area contributed by atoms with Crippen LogP contribution in [0.15, 0.2) is 54.6 Å². The van der Waals surface area contributed by atoms with Crippen LogP contribution in [-0.4, -0.2) is 36.6 Å². The third-order valence-corrected chi connectivity index (χ3v) is 3.86. The van der Waals surface area contributed by atoms with Gasteiger partial charge in [0.1, 0.15) is 18.1 Å². The molecule has 3 aromatic rings. The molecule has 3 rings (SSSR count). The lowest BCUT2D eigenvalue weighted by Crippen LogP contribution is -2.10. The number of aryl methyl sites for hydroxylation is 1. The Morgan fingerprint density at radius 3 is 2.48 bits per heavy atom. The van der Waals surface area contributed by atoms with Crippen molar-refractivity contribution in [2.24, 2.45) is 0 Å². The number of nitrogen functional groups attached to an aromatic ring is 2. The zero-order valence-electron chi connectivity index (χ0n) is 15.4. The number of aliphatic hydroxyl groups excluding tert-OH is 1. The first-order chi connectivity index (χ1) is 13.0. The predicted octanol–water partition coefficient (Wildman–Crippen LogP) is 3.09. The van der Waals surface area contributed by atoms with E-state index in [2.05, 4.69) is 0 Å². The van der Waals surface area contributed by atoms with Gasteiger partial charge in [0.25, 0.3) is 0 Å². The van der Waals surface area contributed by atoms with E-state index in [1.54, 1.807) is 18.2 Å². The molecule has 0 saturated carbocycles. The van der Waals surface area contributed by atoms with Crippen molar-refractivity contribution in [3.05, 3.63) is 60.2 Å². The largest absolute Gasteiger partial charge is 0.507 e. The van der Waals surface area contributed by atoms with Gasteiger partial charge in [-0.05, 0) is 30.0 Å². The quantitative estimate of drug-likeness (QED) is 0.392. The number of rotatable bonds is 6. The van der Waals surface area contributed by atoms with Gasteiger partial charge in [-0.2, -0.15) is 0 Å². The molecule has 0 heterocycles. The normalized spacial score (nSPS) is 10.3. The Bertz CT molecular complexity index is 868. The van der Waals surface area contributed by atoms with Gasteiger partial charge in [-0.25, -0.2) is 0 Å². The zero-order valence-corrected chi connectivity index (χ0v) is 15.4. The number of benzene rings is 3. The minimum absolute atomic E-state index is 0.0143. The molecule has 0 fully saturated rings. The molecule has 27 heavy (non-hydrogen) atoms. The summed E-state index contributed by atoms with van der Waals surface area (Å²) in [6.45, 7) is 3.03. The van der Waals surface area contributed by atoms with Crippen molar-refractivity contribution in [2.45, 2.75) is 6.92 Å². The van der Waals surface area contributed by atoms with E-state index < -0.39 is 0 Å². The molecule has 0 atom stereocenters. The van der Waals surface area contributed by atoms with E-state index in [4.69, 9.17) is 26.0 Å². The molecule has 0 aromatic heterocycles. The molecule has 0 radical (unpaired) electrons. The summed E-state index contributed by atoms with van der Waals surface area (Å²) in [5.74, 6) is 0.954. The minimum Gasteiger partial charge on any atom is -0.507 e. The summed E-state index contributed by atoms with van der Waals surface area (Å²) in [5.41, 5.74) is 13.3. The van der Waals surface area contributed by atoms with Crippen LogP contribution < -0.4 is 16.2 Å². The van der Waals surface area contributed by atoms with Gasteiger partial charge in [0.15, 0.2) is 0 Å². The molecule has 6 N–H and O–H groups in total. The number of hydrogen-bond acceptors (Lipinski definition) is 6. The van der Waals surface area contributed by atoms with Gasteiger partial charge in [-0.15, -0.1) is 0 Å². The van der Waals surface area contributed by atoms with Crippen molar-refractivity contribution in [1.82, 2.24) is 0 Å². The second-order valence-electron chi connectivity index (χ2n) is 5.93. The van der Waals surface area contributed by atoms with Crippen LogP contribution in [0.3, 0.4) is 0 Å². The topological polar surface area (TPSA) is 111 Å². The highest BCUT2D eigenvalue weighted by molar-refractivity contribution is 5.89. The van der Waals surface area contributed by atoms with E-state index in [0.29, 0.717) is 42.7 Å². The first-order valence-corrected chi connectivity index (χ1v) is 8.66. The molecule has 3 aromatic carbocycles. The Morgan fingerprint density at radius 2 is 1.70 bits per heavy atom. The summed E-state index contributed by atoms with van der Waals surface area (Å²) >= 11 is 0. The lowest BCUT2D eigenvalue weighted by molar-refractivity contribution is 0.0707. The van der Waals surface area contributed by atoms with E-state index in [-0.39, 0.29) is 6.61 Å². The van der Waals surface area contributed by atoms with Crippen LogP contribution in [0.5, 0.6) is 11.5 Å². The molecular weight excluding hydrogens is 344 g/mol. The first-order valence-electron chi connectivity index (χ1n) is 8.66. The molecule has 0 bridgehead atoms. The van der Waals surface area contributed by atoms with Crippen LogP contribution in [0.25, 0.3) is 10.8 Å². The number of fused-ring (bicyclic) bond motifs is 1. The fraction of sp³-hybridized carbons (Fsp3) is 0.238. The summed E-state index contributed by atoms with van der Waals surface area (Å²) in [7, 11) is 0. The van der Waals surface area contributed by atoms with Gasteiger partial charge in [-0.3, -0.25) is 0 Å². The van der Waals surface area contributed by atoms with Crippen molar-refractivity contribution < 1.29 is 19.7 Å². The zero-order chi connectivity index (χ0) is 19.6. The van der Waals surface area contributed by atoms with Crippen LogP contribution in [-0.2, 0) is 4.74 Å². The number of nitrogens with two attached hydrogens (primary N) is 2. The summed E-state index contributed by atoms with van der Waals surface area (Å²) in [4.78, 5) is 0. The summed E-state index contributed by atoms with van der Waals surface area (Å²) in [5, 5.41) is 20.1. The van der Waals surface area contributed by atoms with Crippen molar-refractivity contribution in [3.63, 3.8) is 0 Å². The van der Waals surface area contributed by atoms with Crippen molar-refractivity contribution in [3.8, 4) is 11.5 Å². The molecule has 144 valence electrons. The molecular formula is C21H26N2O4. The number of aromatic hydroxyl groups is 1. The fourth-order valence-corrected chi connectivity index (χ4v) is 2.42. The third-order valence-electron chi connectivity index (χ3n) is 3.86. The van der Waals surface area contributed by atoms with Crippen molar-refractivity contribution >= 4 is 22.1 Å². The van der Waals surface area contributed by atoms with Gasteiger partial charge in [0, 0.05) is 17.1 Å². The second-order valence-corrected chi connectivity index (χ2v) is 5.93. The number of phenolic OH excluding ortho intramolecular Hbond substituents is 1. The SMILES string of the molecule is Cc1ccc2ccccc2c1O.Nc1ccc(N)c(OCCOCCO)c1. The van der Waals surface area contributed by atoms with Gasteiger partial charge in [0.2, 0.25) is 0 Å². The molecule has 0 aliphatic heterocycles. The van der Waals surface area contributed by atoms with Gasteiger partial charge in [0.05, 0.1) is 25.5 Å². The molecule has 0 aliphatic rings. The van der Waals surface area contributed by atoms with E-state index >= 15 is 0 Å². The third kappa shape index (κ3) is 6.06. The fourth-order valence-electron chi connectivity index (χ4n) is 2.42. The van der Waals surface area contributed by atoms with Crippen LogP contribution in [0.4, 0.5) is 11.4 Å². The highest BCUT2D eigenvalue weighted by atomic mass is 16.5. The van der Waals surface area contributed by atoms with Gasteiger partial charge < -0.3 is 31.2 Å². The highest BCUT2D eigenvalue weighted by Gasteiger charge is 2.01. The van der Waals surface area contributed by atoms with E-state index in [0.717, 1.165) is 16.3 Å². The molecule has 6 heteroatoms. The number of hydrogen-bond donors (Lipinski definition) is 4. The molecule has 0 spiro atoms. The van der Waals surface area contributed by atoms with Gasteiger partial charge >= 0.3 is 0 Å². The number of phenols is 1. The summed E-state index contributed by atoms with van der Waals surface area (Å²) in [6, 6.07) is 16.8. The smallest absolute Gasteiger partial charge is 0.144 e. The Morgan fingerprint density at radius 1 is 0.926 bits per heavy atom. The van der Waals surface area contributed by atoms with Gasteiger partial charge in [-0.1, -0.05) is 36.4 Å². The van der Waals surface area contributed by atoms with Crippen molar-refractivity contribution in [2.75, 3.05) is 37.9 Å². The minimum atomic E-state index is 0.0143. The number of anilines is 2. The maximum atomic E-state index is 9.66. The lowest BCUT2D eigenvalue weighted by Gasteiger charge is -2.09. The number of ether oxygens (including phenoxy) is 2. The van der Waals surface area contributed by atoms with Crippen LogP contribution in [0.1, 0.15) is 5.56 Å². The molecule has 0 unspecified atom stereocenters. The van der Waals surface area contributed by atoms with Crippen molar-refractivity contribution in [1.29, 1.82) is 0 Å². The lowest BCUT2D eigenvalue weighted by atomic mass is 10.1. The summed E-state index contributed by atoms with van der Waals surface area (Å²) in [6.07, 6.45) is 0. The molecule has 0 aliphatic carbocycles. The van der Waals surface area contributed by atoms with E-state index in [9.17, 15) is 5.11 Å². The summed E-state index contributed by atoms with van der Waals surface area (Å²) < 4.78 is 10.4. The Balaban J connectivity index is 0.000000198. The highest BCUT2D eigenvalue weighted by Crippen LogP contribution is 2.27. The average Bonchev–Trinajstić information content (AvgIpc) is 2.68. The van der Waals surface area contributed by atoms with Crippen LogP contribution in [0, 0.1) is 6.92 Å². The van der Waals surface area contributed by atoms with E-state index in [1.165, 1.54) is 0 Å². The molecule has 6 nitrogen and oxygen atoms in total. The second kappa shape index (κ2) is 10.3. The maximum Gasteiger partial charge on any atom is 0.144 e. The Labute approximate surface area is 158 Å². The Hall–Kier alpha value is -2.96. The Kier molecular flexibility index (Phi) is 7.73. The molecule has 0 amide bonds. The van der Waals surface area contributed by atoms with E-state index in [1.807, 2.05) is 43.3 Å². The molecule has 0 saturated heterocycles. The maximum absolute atomic E-state index is 9.66. The predicted molar refractivity (Wildman–Crippen MR) is 109 cm³/mol. The monoisotopic (exact) mass is 370 g/mol. The standard InChI is InChI=1S/C11H10O.C10H16N2O3/c1-8-6-7-9-4-2-3-5-10(9)11(8)12;11-8-1-2-9(12)10(7-8)15-6-5-14-4-3-13/h2-7,12H,1H3;1-2,7,13H,3-6,11-12H2.